The molecule has 1 aromatic heterocycles. The predicted octanol–water partition coefficient (Wildman–Crippen LogP) is 5.51. The van der Waals surface area contributed by atoms with E-state index in [4.69, 9.17) is 27.9 Å². The number of aryl methyl sites for hydroxylation is 1. The minimum Gasteiger partial charge on any atom is -0.494 e. The highest BCUT2D eigenvalue weighted by atomic mass is 35.5. The number of carbonyl (C=O) groups is 1. The Bertz CT molecular complexity index is 977. The third kappa shape index (κ3) is 4.32. The molecule has 0 spiro atoms. The fourth-order valence-electron chi connectivity index (χ4n) is 2.92. The molecule has 3 rings (SSSR count). The molecule has 0 unspecified atom stereocenters. The summed E-state index contributed by atoms with van der Waals surface area (Å²) in [7, 11) is 0. The van der Waals surface area contributed by atoms with Gasteiger partial charge in [0.25, 0.3) is 5.91 Å². The minimum atomic E-state index is -0.204. The fraction of sp³-hybridized carbons (Fsp3) is 0.238. The second-order valence-corrected chi connectivity index (χ2v) is 7.13. The number of benzene rings is 2. The first-order valence-electron chi connectivity index (χ1n) is 8.91. The molecule has 7 heteroatoms. The Morgan fingerprint density at radius 1 is 1.11 bits per heavy atom. The van der Waals surface area contributed by atoms with Gasteiger partial charge in [0.1, 0.15) is 5.75 Å². The van der Waals surface area contributed by atoms with Crippen LogP contribution < -0.4 is 10.1 Å². The number of aromatic nitrogens is 2. The van der Waals surface area contributed by atoms with E-state index in [1.165, 1.54) is 0 Å². The number of halogens is 2. The average molecular weight is 418 g/mol. The normalized spacial score (nSPS) is 10.8. The molecule has 3 aromatic rings. The molecule has 0 atom stereocenters. The van der Waals surface area contributed by atoms with Crippen LogP contribution in [0.2, 0.25) is 10.0 Å². The molecule has 0 aliphatic carbocycles. The number of hydrogen-bond acceptors (Lipinski definition) is 3. The Balaban J connectivity index is 1.81. The van der Waals surface area contributed by atoms with Crippen molar-refractivity contribution in [3.8, 4) is 5.75 Å². The van der Waals surface area contributed by atoms with E-state index in [1.54, 1.807) is 47.1 Å². The molecule has 0 bridgehead atoms. The number of nitrogens with zero attached hydrogens (tertiary/aromatic N) is 2. The van der Waals surface area contributed by atoms with Crippen LogP contribution in [-0.2, 0) is 6.54 Å². The lowest BCUT2D eigenvalue weighted by molar-refractivity contribution is 0.102. The summed E-state index contributed by atoms with van der Waals surface area (Å²) in [6.45, 7) is 6.67. The Morgan fingerprint density at radius 3 is 2.36 bits per heavy atom. The van der Waals surface area contributed by atoms with E-state index in [2.05, 4.69) is 10.4 Å². The van der Waals surface area contributed by atoms with Gasteiger partial charge in [-0.2, -0.15) is 5.10 Å². The molecule has 5 nitrogen and oxygen atoms in total. The van der Waals surface area contributed by atoms with Crippen molar-refractivity contribution in [2.45, 2.75) is 27.3 Å². The topological polar surface area (TPSA) is 56.1 Å². The fourth-order valence-corrected chi connectivity index (χ4v) is 3.44. The van der Waals surface area contributed by atoms with Crippen molar-refractivity contribution in [3.05, 3.63) is 75.0 Å². The van der Waals surface area contributed by atoms with Crippen molar-refractivity contribution in [2.75, 3.05) is 11.9 Å². The Hall–Kier alpha value is -2.50. The molecule has 1 N–H and O–H groups in total. The SMILES string of the molecule is CCOc1ccc(C(=O)Nc2c(C)nn(Cc3c(Cl)cccc3Cl)c2C)cc1. The molecule has 0 radical (unpaired) electrons. The summed E-state index contributed by atoms with van der Waals surface area (Å²) in [5.41, 5.74) is 3.57. The number of ether oxygens (including phenoxy) is 1. The summed E-state index contributed by atoms with van der Waals surface area (Å²) in [4.78, 5) is 12.6. The zero-order chi connectivity index (χ0) is 20.3. The lowest BCUT2D eigenvalue weighted by Gasteiger charge is -2.10. The first-order chi connectivity index (χ1) is 13.4. The number of rotatable bonds is 6. The number of anilines is 1. The van der Waals surface area contributed by atoms with Crippen LogP contribution in [-0.4, -0.2) is 22.3 Å². The van der Waals surface area contributed by atoms with Crippen LogP contribution >= 0.6 is 23.2 Å². The van der Waals surface area contributed by atoms with Crippen LogP contribution in [0, 0.1) is 13.8 Å². The second kappa shape index (κ2) is 8.67. The Kier molecular flexibility index (Phi) is 6.27. The lowest BCUT2D eigenvalue weighted by Crippen LogP contribution is -2.13. The Labute approximate surface area is 174 Å². The van der Waals surface area contributed by atoms with Crippen molar-refractivity contribution in [1.29, 1.82) is 0 Å². The molecule has 146 valence electrons. The van der Waals surface area contributed by atoms with Crippen LogP contribution in [0.4, 0.5) is 5.69 Å². The van der Waals surface area contributed by atoms with Gasteiger partial charge in [0, 0.05) is 21.2 Å². The summed E-state index contributed by atoms with van der Waals surface area (Å²) >= 11 is 12.5. The lowest BCUT2D eigenvalue weighted by atomic mass is 10.2. The average Bonchev–Trinajstić information content (AvgIpc) is 2.93. The van der Waals surface area contributed by atoms with E-state index in [0.717, 1.165) is 22.7 Å². The number of amides is 1. The molecular formula is C21H21Cl2N3O2. The van der Waals surface area contributed by atoms with Crippen molar-refractivity contribution in [1.82, 2.24) is 9.78 Å². The van der Waals surface area contributed by atoms with Gasteiger partial charge >= 0.3 is 0 Å². The van der Waals surface area contributed by atoms with Gasteiger partial charge in [-0.15, -0.1) is 0 Å². The molecule has 28 heavy (non-hydrogen) atoms. The first kappa shape index (κ1) is 20.2. The standard InChI is InChI=1S/C21H21Cl2N3O2/c1-4-28-16-10-8-15(9-11-16)21(27)24-20-13(2)25-26(14(20)3)12-17-18(22)6-5-7-19(17)23/h5-11H,4,12H2,1-3H3,(H,24,27). The van der Waals surface area contributed by atoms with E-state index in [-0.39, 0.29) is 5.91 Å². The molecule has 0 aliphatic rings. The zero-order valence-electron chi connectivity index (χ0n) is 15.9. The van der Waals surface area contributed by atoms with Crippen LogP contribution in [0.5, 0.6) is 5.75 Å². The maximum Gasteiger partial charge on any atom is 0.255 e. The molecule has 1 heterocycles. The van der Waals surface area contributed by atoms with E-state index in [1.807, 2.05) is 20.8 Å². The maximum absolute atomic E-state index is 12.6. The van der Waals surface area contributed by atoms with E-state index in [0.29, 0.717) is 34.4 Å². The predicted molar refractivity (Wildman–Crippen MR) is 113 cm³/mol. The summed E-state index contributed by atoms with van der Waals surface area (Å²) < 4.78 is 7.20. The van der Waals surface area contributed by atoms with Crippen molar-refractivity contribution < 1.29 is 9.53 Å². The van der Waals surface area contributed by atoms with Crippen molar-refractivity contribution in [3.63, 3.8) is 0 Å². The van der Waals surface area contributed by atoms with Crippen LogP contribution in [0.3, 0.4) is 0 Å². The zero-order valence-corrected chi connectivity index (χ0v) is 17.4. The summed E-state index contributed by atoms with van der Waals surface area (Å²) in [5, 5.41) is 8.66. The van der Waals surface area contributed by atoms with E-state index >= 15 is 0 Å². The maximum atomic E-state index is 12.6. The van der Waals surface area contributed by atoms with Crippen LogP contribution in [0.25, 0.3) is 0 Å². The highest BCUT2D eigenvalue weighted by Crippen LogP contribution is 2.27. The first-order valence-corrected chi connectivity index (χ1v) is 9.67. The summed E-state index contributed by atoms with van der Waals surface area (Å²) in [6.07, 6.45) is 0. The van der Waals surface area contributed by atoms with Gasteiger partial charge in [-0.05, 0) is 57.2 Å². The monoisotopic (exact) mass is 417 g/mol. The van der Waals surface area contributed by atoms with Gasteiger partial charge in [-0.1, -0.05) is 29.3 Å². The minimum absolute atomic E-state index is 0.204. The van der Waals surface area contributed by atoms with Gasteiger partial charge in [-0.3, -0.25) is 9.48 Å². The van der Waals surface area contributed by atoms with Gasteiger partial charge in [0.15, 0.2) is 0 Å². The van der Waals surface area contributed by atoms with Crippen LogP contribution in [0.1, 0.15) is 34.2 Å². The molecule has 0 fully saturated rings. The third-order valence-corrected chi connectivity index (χ3v) is 5.13. The number of carbonyl (C=O) groups excluding carboxylic acids is 1. The van der Waals surface area contributed by atoms with Gasteiger partial charge in [0.05, 0.1) is 30.2 Å². The molecule has 0 saturated carbocycles. The van der Waals surface area contributed by atoms with E-state index < -0.39 is 0 Å². The second-order valence-electron chi connectivity index (χ2n) is 6.32. The number of hydrogen-bond donors (Lipinski definition) is 1. The van der Waals surface area contributed by atoms with Gasteiger partial charge in [0.2, 0.25) is 0 Å². The smallest absolute Gasteiger partial charge is 0.255 e. The van der Waals surface area contributed by atoms with Gasteiger partial charge < -0.3 is 10.1 Å². The third-order valence-electron chi connectivity index (χ3n) is 4.42. The highest BCUT2D eigenvalue weighted by Gasteiger charge is 2.17. The quantitative estimate of drug-likeness (QED) is 0.575. The molecule has 2 aromatic carbocycles. The molecule has 0 aliphatic heterocycles. The number of nitrogens with one attached hydrogen (secondary N) is 1. The molecule has 1 amide bonds. The van der Waals surface area contributed by atoms with Crippen molar-refractivity contribution >= 4 is 34.8 Å². The molecule has 0 saturated heterocycles. The van der Waals surface area contributed by atoms with Crippen LogP contribution in [0.15, 0.2) is 42.5 Å². The molecular weight excluding hydrogens is 397 g/mol. The summed E-state index contributed by atoms with van der Waals surface area (Å²) in [5.74, 6) is 0.528. The van der Waals surface area contributed by atoms with Crippen molar-refractivity contribution in [2.24, 2.45) is 0 Å². The van der Waals surface area contributed by atoms with E-state index in [9.17, 15) is 4.79 Å². The highest BCUT2D eigenvalue weighted by molar-refractivity contribution is 6.36. The summed E-state index contributed by atoms with van der Waals surface area (Å²) in [6, 6.07) is 12.4. The Morgan fingerprint density at radius 2 is 1.75 bits per heavy atom. The van der Waals surface area contributed by atoms with Gasteiger partial charge in [-0.25, -0.2) is 0 Å². The largest absolute Gasteiger partial charge is 0.494 e.